The van der Waals surface area contributed by atoms with Crippen molar-refractivity contribution in [1.29, 1.82) is 0 Å². The zero-order valence-electron chi connectivity index (χ0n) is 11.0. The van der Waals surface area contributed by atoms with E-state index in [-0.39, 0.29) is 5.25 Å². The predicted octanol–water partition coefficient (Wildman–Crippen LogP) is 1.63. The Morgan fingerprint density at radius 3 is 2.74 bits per heavy atom. The van der Waals surface area contributed by atoms with Gasteiger partial charge in [0.05, 0.1) is 5.25 Å². The number of hydrogen-bond acceptors (Lipinski definition) is 4. The number of hydrogen-bond donors (Lipinski definition) is 0. The third kappa shape index (κ3) is 2.86. The molecule has 1 atom stereocenters. The number of piperazine rings is 1. The lowest BCUT2D eigenvalue weighted by Crippen LogP contribution is -2.51. The van der Waals surface area contributed by atoms with Gasteiger partial charge in [0.15, 0.2) is 0 Å². The summed E-state index contributed by atoms with van der Waals surface area (Å²) >= 11 is 1.82. The van der Waals surface area contributed by atoms with Crippen LogP contribution in [0, 0.1) is 0 Å². The van der Waals surface area contributed by atoms with Gasteiger partial charge in [-0.3, -0.25) is 4.79 Å². The van der Waals surface area contributed by atoms with Gasteiger partial charge in [0.2, 0.25) is 5.91 Å². The van der Waals surface area contributed by atoms with Gasteiger partial charge < -0.3 is 9.80 Å². The number of amides is 1. The number of carbonyl (C=O) groups is 1. The van der Waals surface area contributed by atoms with Crippen molar-refractivity contribution in [2.75, 3.05) is 36.8 Å². The van der Waals surface area contributed by atoms with E-state index in [0.717, 1.165) is 44.2 Å². The minimum Gasteiger partial charge on any atom is -0.353 e. The zero-order chi connectivity index (χ0) is 13.1. The van der Waals surface area contributed by atoms with Crippen LogP contribution in [0.5, 0.6) is 0 Å². The van der Waals surface area contributed by atoms with Gasteiger partial charge in [-0.25, -0.2) is 4.98 Å². The summed E-state index contributed by atoms with van der Waals surface area (Å²) in [6.07, 6.45) is 4.07. The summed E-state index contributed by atoms with van der Waals surface area (Å²) in [5, 5.41) is 0.224. The van der Waals surface area contributed by atoms with Crippen LogP contribution in [-0.4, -0.2) is 53.0 Å². The molecule has 3 rings (SSSR count). The Hall–Kier alpha value is -1.23. The summed E-state index contributed by atoms with van der Waals surface area (Å²) in [5.41, 5.74) is 0. The lowest BCUT2D eigenvalue weighted by atomic mass is 10.2. The summed E-state index contributed by atoms with van der Waals surface area (Å²) in [7, 11) is 0. The smallest absolute Gasteiger partial charge is 0.235 e. The normalized spacial score (nSPS) is 23.7. The lowest BCUT2D eigenvalue weighted by Gasteiger charge is -2.36. The highest BCUT2D eigenvalue weighted by Crippen LogP contribution is 2.28. The van der Waals surface area contributed by atoms with Crippen molar-refractivity contribution >= 4 is 23.5 Å². The molecule has 0 aromatic carbocycles. The molecule has 102 valence electrons. The molecule has 2 saturated heterocycles. The molecular weight excluding hydrogens is 258 g/mol. The maximum absolute atomic E-state index is 12.3. The Labute approximate surface area is 118 Å². The number of pyridine rings is 1. The first-order valence-corrected chi connectivity index (χ1v) is 7.96. The van der Waals surface area contributed by atoms with E-state index in [1.54, 1.807) is 0 Å². The van der Waals surface area contributed by atoms with Gasteiger partial charge in [-0.2, -0.15) is 0 Å². The summed E-state index contributed by atoms with van der Waals surface area (Å²) < 4.78 is 0. The van der Waals surface area contributed by atoms with Crippen LogP contribution in [-0.2, 0) is 4.79 Å². The van der Waals surface area contributed by atoms with Crippen LogP contribution in [0.3, 0.4) is 0 Å². The van der Waals surface area contributed by atoms with Gasteiger partial charge in [-0.15, -0.1) is 11.8 Å². The van der Waals surface area contributed by atoms with Crippen molar-refractivity contribution in [1.82, 2.24) is 9.88 Å². The molecule has 0 saturated carbocycles. The van der Waals surface area contributed by atoms with Crippen LogP contribution < -0.4 is 4.90 Å². The van der Waals surface area contributed by atoms with Crippen LogP contribution in [0.2, 0.25) is 0 Å². The molecule has 2 aliphatic heterocycles. The number of rotatable bonds is 2. The molecular formula is C14H19N3OS. The third-order valence-electron chi connectivity index (χ3n) is 3.77. The van der Waals surface area contributed by atoms with Crippen molar-refractivity contribution in [2.24, 2.45) is 0 Å². The van der Waals surface area contributed by atoms with E-state index in [1.807, 2.05) is 41.1 Å². The number of carbonyl (C=O) groups excluding carboxylic acids is 1. The second-order valence-electron chi connectivity index (χ2n) is 5.00. The predicted molar refractivity (Wildman–Crippen MR) is 78.5 cm³/mol. The number of anilines is 1. The molecule has 0 bridgehead atoms. The minimum absolute atomic E-state index is 0.224. The molecule has 2 fully saturated rings. The monoisotopic (exact) mass is 277 g/mol. The van der Waals surface area contributed by atoms with E-state index in [2.05, 4.69) is 9.88 Å². The first-order chi connectivity index (χ1) is 9.34. The van der Waals surface area contributed by atoms with Crippen molar-refractivity contribution < 1.29 is 4.79 Å². The third-order valence-corrected chi connectivity index (χ3v) is 5.13. The lowest BCUT2D eigenvalue weighted by molar-refractivity contribution is -0.130. The Morgan fingerprint density at radius 1 is 1.26 bits per heavy atom. The highest BCUT2D eigenvalue weighted by atomic mass is 32.2. The van der Waals surface area contributed by atoms with Gasteiger partial charge in [0.1, 0.15) is 5.82 Å². The van der Waals surface area contributed by atoms with Crippen molar-refractivity contribution in [3.05, 3.63) is 24.4 Å². The molecule has 2 aliphatic rings. The van der Waals surface area contributed by atoms with E-state index < -0.39 is 0 Å². The molecule has 1 aromatic rings. The summed E-state index contributed by atoms with van der Waals surface area (Å²) in [4.78, 5) is 21.0. The van der Waals surface area contributed by atoms with E-state index in [9.17, 15) is 4.79 Å². The van der Waals surface area contributed by atoms with E-state index in [0.29, 0.717) is 5.91 Å². The quantitative estimate of drug-likeness (QED) is 0.823. The molecule has 0 radical (unpaired) electrons. The molecule has 0 aliphatic carbocycles. The Balaban J connectivity index is 1.56. The van der Waals surface area contributed by atoms with E-state index in [4.69, 9.17) is 0 Å². The average Bonchev–Trinajstić information content (AvgIpc) is 3.02. The largest absolute Gasteiger partial charge is 0.353 e. The van der Waals surface area contributed by atoms with Gasteiger partial charge in [-0.05, 0) is 30.7 Å². The maximum atomic E-state index is 12.3. The van der Waals surface area contributed by atoms with Gasteiger partial charge >= 0.3 is 0 Å². The first kappa shape index (κ1) is 12.8. The molecule has 0 spiro atoms. The average molecular weight is 277 g/mol. The molecule has 19 heavy (non-hydrogen) atoms. The minimum atomic E-state index is 0.224. The molecule has 1 unspecified atom stereocenters. The van der Waals surface area contributed by atoms with Gasteiger partial charge in [0.25, 0.3) is 0 Å². The van der Waals surface area contributed by atoms with E-state index >= 15 is 0 Å². The fourth-order valence-corrected chi connectivity index (χ4v) is 3.92. The number of aromatic nitrogens is 1. The second-order valence-corrected chi connectivity index (χ2v) is 6.31. The van der Waals surface area contributed by atoms with E-state index in [1.165, 1.54) is 6.42 Å². The molecule has 3 heterocycles. The van der Waals surface area contributed by atoms with Crippen LogP contribution in [0.4, 0.5) is 5.82 Å². The SMILES string of the molecule is O=C(C1CCCS1)N1CCN(c2ccccn2)CC1. The van der Waals surface area contributed by atoms with Crippen molar-refractivity contribution in [2.45, 2.75) is 18.1 Å². The Kier molecular flexibility index (Phi) is 3.92. The van der Waals surface area contributed by atoms with Crippen LogP contribution in [0.25, 0.3) is 0 Å². The highest BCUT2D eigenvalue weighted by molar-refractivity contribution is 8.00. The molecule has 4 nitrogen and oxygen atoms in total. The zero-order valence-corrected chi connectivity index (χ0v) is 11.8. The summed E-state index contributed by atoms with van der Waals surface area (Å²) in [5.74, 6) is 2.51. The topological polar surface area (TPSA) is 36.4 Å². The molecule has 0 N–H and O–H groups in total. The fraction of sp³-hybridized carbons (Fsp3) is 0.571. The first-order valence-electron chi connectivity index (χ1n) is 6.91. The molecule has 1 amide bonds. The standard InChI is InChI=1S/C14H19N3OS/c18-14(12-4-3-11-19-12)17-9-7-16(8-10-17)13-5-1-2-6-15-13/h1-2,5-6,12H,3-4,7-11H2. The van der Waals surface area contributed by atoms with Crippen molar-refractivity contribution in [3.8, 4) is 0 Å². The summed E-state index contributed by atoms with van der Waals surface area (Å²) in [6.45, 7) is 3.43. The second kappa shape index (κ2) is 5.82. The van der Waals surface area contributed by atoms with Crippen LogP contribution in [0.1, 0.15) is 12.8 Å². The number of nitrogens with zero attached hydrogens (tertiary/aromatic N) is 3. The molecule has 5 heteroatoms. The summed E-state index contributed by atoms with van der Waals surface area (Å²) in [6, 6.07) is 5.97. The van der Waals surface area contributed by atoms with Crippen LogP contribution in [0.15, 0.2) is 24.4 Å². The van der Waals surface area contributed by atoms with Crippen LogP contribution >= 0.6 is 11.8 Å². The van der Waals surface area contributed by atoms with Crippen molar-refractivity contribution in [3.63, 3.8) is 0 Å². The Morgan fingerprint density at radius 2 is 2.11 bits per heavy atom. The maximum Gasteiger partial charge on any atom is 0.235 e. The number of thioether (sulfide) groups is 1. The van der Waals surface area contributed by atoms with Gasteiger partial charge in [-0.1, -0.05) is 6.07 Å². The highest BCUT2D eigenvalue weighted by Gasteiger charge is 2.30. The van der Waals surface area contributed by atoms with Gasteiger partial charge in [0, 0.05) is 32.4 Å². The Bertz CT molecular complexity index is 426. The molecule has 1 aromatic heterocycles. The fourth-order valence-electron chi connectivity index (χ4n) is 2.67.